The SMILES string of the molecule is NC(=O)Nc1sc(-c2ccc(C(=O)N3CCOCC3)cc2)cc1C(=O)OC1CCCN(C(N)=O)C1. The zero-order chi connectivity index (χ0) is 24.9. The number of hydrogen-bond acceptors (Lipinski definition) is 7. The molecule has 2 aromatic rings. The quantitative estimate of drug-likeness (QED) is 0.532. The fraction of sp³-hybridized carbons (Fsp3) is 0.391. The molecule has 0 radical (unpaired) electrons. The van der Waals surface area contributed by atoms with E-state index in [1.807, 2.05) is 0 Å². The van der Waals surface area contributed by atoms with Crippen LogP contribution in [0.1, 0.15) is 33.6 Å². The number of carbonyl (C=O) groups excluding carboxylic acids is 4. The molecule has 1 atom stereocenters. The number of nitrogens with zero attached hydrogens (tertiary/aromatic N) is 2. The molecule has 186 valence electrons. The van der Waals surface area contributed by atoms with Crippen molar-refractivity contribution in [2.75, 3.05) is 44.7 Å². The number of amides is 5. The van der Waals surface area contributed by atoms with Gasteiger partial charge in [-0.2, -0.15) is 0 Å². The van der Waals surface area contributed by atoms with E-state index in [-0.39, 0.29) is 23.0 Å². The van der Waals surface area contributed by atoms with Crippen LogP contribution in [0.4, 0.5) is 14.6 Å². The summed E-state index contributed by atoms with van der Waals surface area (Å²) in [7, 11) is 0. The van der Waals surface area contributed by atoms with Gasteiger partial charge in [-0.3, -0.25) is 10.1 Å². The highest BCUT2D eigenvalue weighted by molar-refractivity contribution is 7.20. The maximum Gasteiger partial charge on any atom is 0.341 e. The van der Waals surface area contributed by atoms with Crippen molar-refractivity contribution in [3.63, 3.8) is 0 Å². The molecule has 12 heteroatoms. The molecule has 4 rings (SSSR count). The lowest BCUT2D eigenvalue weighted by Crippen LogP contribution is -2.46. The number of nitrogens with one attached hydrogen (secondary N) is 1. The van der Waals surface area contributed by atoms with Gasteiger partial charge in [0.05, 0.1) is 25.3 Å². The summed E-state index contributed by atoms with van der Waals surface area (Å²) in [5.74, 6) is -0.699. The van der Waals surface area contributed by atoms with Crippen LogP contribution in [0.15, 0.2) is 30.3 Å². The van der Waals surface area contributed by atoms with Crippen molar-refractivity contribution >= 4 is 40.3 Å². The Morgan fingerprint density at radius 2 is 1.74 bits per heavy atom. The molecule has 0 saturated carbocycles. The molecule has 5 amide bonds. The lowest BCUT2D eigenvalue weighted by Gasteiger charge is -2.31. The number of carbonyl (C=O) groups is 4. The minimum absolute atomic E-state index is 0.0659. The zero-order valence-electron chi connectivity index (χ0n) is 19.0. The number of likely N-dealkylation sites (tertiary alicyclic amines) is 1. The molecule has 1 aromatic heterocycles. The summed E-state index contributed by atoms with van der Waals surface area (Å²) in [5.41, 5.74) is 12.1. The van der Waals surface area contributed by atoms with Gasteiger partial charge in [0.2, 0.25) is 0 Å². The highest BCUT2D eigenvalue weighted by Crippen LogP contribution is 2.36. The van der Waals surface area contributed by atoms with Crippen LogP contribution in [0.3, 0.4) is 0 Å². The molecule has 2 aliphatic heterocycles. The van der Waals surface area contributed by atoms with Crippen LogP contribution in [0.25, 0.3) is 10.4 Å². The van der Waals surface area contributed by atoms with Gasteiger partial charge < -0.3 is 30.7 Å². The van der Waals surface area contributed by atoms with Crippen molar-refractivity contribution < 1.29 is 28.7 Å². The molecule has 1 unspecified atom stereocenters. The second-order valence-electron chi connectivity index (χ2n) is 8.28. The van der Waals surface area contributed by atoms with E-state index in [4.69, 9.17) is 20.9 Å². The molecule has 35 heavy (non-hydrogen) atoms. The van der Waals surface area contributed by atoms with Crippen LogP contribution in [-0.2, 0) is 9.47 Å². The summed E-state index contributed by atoms with van der Waals surface area (Å²) in [6.45, 7) is 2.89. The van der Waals surface area contributed by atoms with E-state index in [1.54, 1.807) is 35.2 Å². The van der Waals surface area contributed by atoms with Gasteiger partial charge in [0.15, 0.2) is 0 Å². The molecular weight excluding hydrogens is 474 g/mol. The standard InChI is InChI=1S/C23H27N5O6S/c24-22(31)26-19-17(21(30)34-16-2-1-7-28(13-16)23(25)32)12-18(35-19)14-3-5-15(6-4-14)20(29)27-8-10-33-11-9-27/h3-6,12,16H,1-2,7-11,13H2,(H2,25,32)(H3,24,26,31). The van der Waals surface area contributed by atoms with E-state index in [2.05, 4.69) is 5.32 Å². The molecule has 11 nitrogen and oxygen atoms in total. The fourth-order valence-electron chi connectivity index (χ4n) is 4.07. The number of ether oxygens (including phenoxy) is 2. The Labute approximate surface area is 205 Å². The third-order valence-electron chi connectivity index (χ3n) is 5.87. The Morgan fingerprint density at radius 1 is 1.03 bits per heavy atom. The second kappa shape index (κ2) is 10.7. The average Bonchev–Trinajstić information content (AvgIpc) is 3.27. The van der Waals surface area contributed by atoms with Gasteiger partial charge in [-0.1, -0.05) is 12.1 Å². The highest BCUT2D eigenvalue weighted by atomic mass is 32.1. The average molecular weight is 502 g/mol. The summed E-state index contributed by atoms with van der Waals surface area (Å²) < 4.78 is 10.9. The molecule has 3 heterocycles. The molecular formula is C23H27N5O6S. The molecule has 0 bridgehead atoms. The Bertz CT molecular complexity index is 1110. The first kappa shape index (κ1) is 24.5. The summed E-state index contributed by atoms with van der Waals surface area (Å²) in [5, 5.41) is 2.74. The van der Waals surface area contributed by atoms with Gasteiger partial charge in [0, 0.05) is 30.1 Å². The molecule has 5 N–H and O–H groups in total. The Kier molecular flexibility index (Phi) is 7.51. The largest absolute Gasteiger partial charge is 0.457 e. The molecule has 1 aromatic carbocycles. The topological polar surface area (TPSA) is 157 Å². The van der Waals surface area contributed by atoms with Gasteiger partial charge in [0.1, 0.15) is 11.1 Å². The first-order valence-corrected chi connectivity index (χ1v) is 12.1. The lowest BCUT2D eigenvalue weighted by molar-refractivity contribution is 0.0129. The van der Waals surface area contributed by atoms with Gasteiger partial charge in [0.25, 0.3) is 5.91 Å². The fourth-order valence-corrected chi connectivity index (χ4v) is 5.12. The number of nitrogens with two attached hydrogens (primary N) is 2. The van der Waals surface area contributed by atoms with Crippen LogP contribution < -0.4 is 16.8 Å². The minimum Gasteiger partial charge on any atom is -0.457 e. The van der Waals surface area contributed by atoms with Gasteiger partial charge in [-0.15, -0.1) is 11.3 Å². The highest BCUT2D eigenvalue weighted by Gasteiger charge is 2.28. The minimum atomic E-state index is -0.809. The normalized spacial score (nSPS) is 18.1. The number of esters is 1. The number of rotatable bonds is 5. The predicted molar refractivity (Wildman–Crippen MR) is 129 cm³/mol. The van der Waals surface area contributed by atoms with Crippen LogP contribution >= 0.6 is 11.3 Å². The van der Waals surface area contributed by atoms with Crippen molar-refractivity contribution in [3.8, 4) is 10.4 Å². The maximum absolute atomic E-state index is 13.0. The number of benzene rings is 1. The number of morpholine rings is 1. The monoisotopic (exact) mass is 501 g/mol. The van der Waals surface area contributed by atoms with Crippen LogP contribution in [0.5, 0.6) is 0 Å². The van der Waals surface area contributed by atoms with Crippen molar-refractivity contribution in [3.05, 3.63) is 41.5 Å². The number of hydrogen-bond donors (Lipinski definition) is 3. The number of primary amides is 2. The first-order chi connectivity index (χ1) is 16.8. The van der Waals surface area contributed by atoms with E-state index < -0.39 is 24.1 Å². The number of urea groups is 2. The van der Waals surface area contributed by atoms with Crippen molar-refractivity contribution in [2.24, 2.45) is 11.5 Å². The molecule has 2 saturated heterocycles. The molecule has 2 fully saturated rings. The van der Waals surface area contributed by atoms with Gasteiger partial charge in [-0.25, -0.2) is 14.4 Å². The summed E-state index contributed by atoms with van der Waals surface area (Å²) in [6.07, 6.45) is 0.764. The number of anilines is 1. The van der Waals surface area contributed by atoms with E-state index >= 15 is 0 Å². The third-order valence-corrected chi connectivity index (χ3v) is 6.97. The Balaban J connectivity index is 1.51. The smallest absolute Gasteiger partial charge is 0.341 e. The van der Waals surface area contributed by atoms with E-state index in [0.717, 1.165) is 5.56 Å². The number of piperidine rings is 1. The third kappa shape index (κ3) is 5.89. The summed E-state index contributed by atoms with van der Waals surface area (Å²) >= 11 is 1.17. The van der Waals surface area contributed by atoms with Crippen LogP contribution in [0, 0.1) is 0 Å². The molecule has 0 spiro atoms. The van der Waals surface area contributed by atoms with Gasteiger partial charge >= 0.3 is 18.0 Å². The summed E-state index contributed by atoms with van der Waals surface area (Å²) in [6, 6.07) is 7.28. The zero-order valence-corrected chi connectivity index (χ0v) is 19.8. The maximum atomic E-state index is 13.0. The lowest BCUT2D eigenvalue weighted by atomic mass is 10.1. The van der Waals surface area contributed by atoms with Crippen LogP contribution in [-0.4, -0.2) is 79.2 Å². The van der Waals surface area contributed by atoms with Crippen LogP contribution in [0.2, 0.25) is 0 Å². The first-order valence-electron chi connectivity index (χ1n) is 11.2. The van der Waals surface area contributed by atoms with Crippen molar-refractivity contribution in [1.82, 2.24) is 9.80 Å². The summed E-state index contributed by atoms with van der Waals surface area (Å²) in [4.78, 5) is 52.5. The molecule has 0 aliphatic carbocycles. The van der Waals surface area contributed by atoms with E-state index in [0.29, 0.717) is 56.1 Å². The molecule has 2 aliphatic rings. The second-order valence-corrected chi connectivity index (χ2v) is 9.33. The van der Waals surface area contributed by atoms with Gasteiger partial charge in [-0.05, 0) is 36.6 Å². The Morgan fingerprint density at radius 3 is 2.40 bits per heavy atom. The number of thiophene rings is 1. The van der Waals surface area contributed by atoms with Crippen molar-refractivity contribution in [1.29, 1.82) is 0 Å². The van der Waals surface area contributed by atoms with E-state index in [1.165, 1.54) is 16.2 Å². The van der Waals surface area contributed by atoms with E-state index in [9.17, 15) is 19.2 Å². The predicted octanol–water partition coefficient (Wildman–Crippen LogP) is 2.08. The van der Waals surface area contributed by atoms with Crippen molar-refractivity contribution in [2.45, 2.75) is 18.9 Å². The Hall–Kier alpha value is -3.64.